The van der Waals surface area contributed by atoms with E-state index in [4.69, 9.17) is 11.6 Å². The Morgan fingerprint density at radius 2 is 1.82 bits per heavy atom. The second kappa shape index (κ2) is 6.90. The minimum Gasteiger partial charge on any atom is -0.160 e. The zero-order chi connectivity index (χ0) is 12.9. The van der Waals surface area contributed by atoms with E-state index >= 15 is 0 Å². The van der Waals surface area contributed by atoms with E-state index in [0.29, 0.717) is 0 Å². The first-order valence-corrected chi connectivity index (χ1v) is 7.42. The number of hydrogen-bond acceptors (Lipinski definition) is 1. The Morgan fingerprint density at radius 3 is 2.35 bits per heavy atom. The highest BCUT2D eigenvalue weighted by Gasteiger charge is 2.29. The normalized spacial score (nSPS) is 11.8. The average Bonchev–Trinajstić information content (AvgIpc) is 2.23. The largest absolute Gasteiger partial charge is 0.446 e. The quantitative estimate of drug-likeness (QED) is 0.510. The molecule has 0 spiro atoms. The molecule has 0 fully saturated rings. The van der Waals surface area contributed by atoms with Gasteiger partial charge in [-0.3, -0.25) is 0 Å². The Kier molecular flexibility index (Phi) is 6.17. The molecule has 0 radical (unpaired) electrons. The molecule has 6 heteroatoms. The summed E-state index contributed by atoms with van der Waals surface area (Å²) in [6, 6.07) is 4.93. The van der Waals surface area contributed by atoms with Gasteiger partial charge in [0.25, 0.3) is 0 Å². The van der Waals surface area contributed by atoms with Crippen molar-refractivity contribution in [2.24, 2.45) is 0 Å². The number of hydrogen-bond donors (Lipinski definition) is 0. The first-order valence-electron chi connectivity index (χ1n) is 4.95. The fourth-order valence-corrected chi connectivity index (χ4v) is 2.54. The van der Waals surface area contributed by atoms with Gasteiger partial charge < -0.3 is 0 Å². The Labute approximate surface area is 116 Å². The van der Waals surface area contributed by atoms with E-state index in [-0.39, 0.29) is 22.5 Å². The number of aryl methyl sites for hydroxylation is 1. The second-order valence-corrected chi connectivity index (χ2v) is 5.66. The molecule has 0 heterocycles. The molecule has 0 aromatic heterocycles. The number of alkyl halides is 5. The molecule has 17 heavy (non-hydrogen) atoms. The van der Waals surface area contributed by atoms with E-state index in [1.165, 1.54) is 6.07 Å². The van der Waals surface area contributed by atoms with Crippen LogP contribution in [0.2, 0.25) is 0 Å². The molecule has 0 saturated heterocycles. The number of benzene rings is 1. The van der Waals surface area contributed by atoms with E-state index < -0.39 is 5.51 Å². The third-order valence-electron chi connectivity index (χ3n) is 2.01. The summed E-state index contributed by atoms with van der Waals surface area (Å²) in [5, 5.41) is 0.833. The van der Waals surface area contributed by atoms with Crippen molar-refractivity contribution < 1.29 is 13.2 Å². The Bertz CT molecular complexity index is 368. The van der Waals surface area contributed by atoms with Gasteiger partial charge in [0, 0.05) is 16.1 Å². The highest BCUT2D eigenvalue weighted by atomic mass is 79.9. The van der Waals surface area contributed by atoms with E-state index in [1.54, 1.807) is 6.07 Å². The monoisotopic (exact) mass is 346 g/mol. The fraction of sp³-hybridized carbons (Fsp3) is 0.455. The molecule has 0 atom stereocenters. The van der Waals surface area contributed by atoms with Crippen molar-refractivity contribution in [1.29, 1.82) is 0 Å². The first-order chi connectivity index (χ1) is 7.94. The molecule has 96 valence electrons. The van der Waals surface area contributed by atoms with Crippen LogP contribution in [-0.2, 0) is 12.3 Å². The van der Waals surface area contributed by atoms with Crippen LogP contribution in [0.4, 0.5) is 13.2 Å². The SMILES string of the molecule is FC(F)(F)Sc1cc(CCl)cc(CCCBr)c1. The minimum atomic E-state index is -4.25. The first kappa shape index (κ1) is 15.2. The molecule has 0 N–H and O–H groups in total. The van der Waals surface area contributed by atoms with Gasteiger partial charge in [-0.15, -0.1) is 11.6 Å². The highest BCUT2D eigenvalue weighted by molar-refractivity contribution is 9.09. The highest BCUT2D eigenvalue weighted by Crippen LogP contribution is 2.37. The standard InChI is InChI=1S/C11H11BrClF3S/c12-3-1-2-8-4-9(7-13)6-10(5-8)17-11(14,15)16/h4-6H,1-3,7H2. The van der Waals surface area contributed by atoms with Crippen molar-refractivity contribution in [2.75, 3.05) is 5.33 Å². The molecule has 0 unspecified atom stereocenters. The fourth-order valence-electron chi connectivity index (χ4n) is 1.41. The lowest BCUT2D eigenvalue weighted by Gasteiger charge is -2.09. The lowest BCUT2D eigenvalue weighted by Crippen LogP contribution is -2.00. The predicted octanol–water partition coefficient (Wildman–Crippen LogP) is 5.36. The maximum Gasteiger partial charge on any atom is 0.446 e. The smallest absolute Gasteiger partial charge is 0.160 e. The van der Waals surface area contributed by atoms with Crippen LogP contribution >= 0.6 is 39.3 Å². The maximum atomic E-state index is 12.3. The van der Waals surface area contributed by atoms with Gasteiger partial charge in [0.1, 0.15) is 0 Å². The summed E-state index contributed by atoms with van der Waals surface area (Å²) in [6.45, 7) is 0. The summed E-state index contributed by atoms with van der Waals surface area (Å²) in [6.07, 6.45) is 1.64. The van der Waals surface area contributed by atoms with Gasteiger partial charge in [-0.2, -0.15) is 13.2 Å². The van der Waals surface area contributed by atoms with Gasteiger partial charge in [0.2, 0.25) is 0 Å². The van der Waals surface area contributed by atoms with E-state index in [1.807, 2.05) is 6.07 Å². The Morgan fingerprint density at radius 1 is 1.18 bits per heavy atom. The molecule has 1 rings (SSSR count). The molecule has 0 aliphatic rings. The van der Waals surface area contributed by atoms with Crippen molar-refractivity contribution in [3.8, 4) is 0 Å². The van der Waals surface area contributed by atoms with Gasteiger partial charge >= 0.3 is 5.51 Å². The lowest BCUT2D eigenvalue weighted by molar-refractivity contribution is -0.0328. The van der Waals surface area contributed by atoms with Gasteiger partial charge in [-0.05, 0) is 47.9 Å². The average molecular weight is 348 g/mol. The van der Waals surface area contributed by atoms with E-state index in [9.17, 15) is 13.2 Å². The van der Waals surface area contributed by atoms with Gasteiger partial charge in [0.05, 0.1) is 0 Å². The predicted molar refractivity (Wildman–Crippen MR) is 70.0 cm³/mol. The van der Waals surface area contributed by atoms with Gasteiger partial charge in [-0.25, -0.2) is 0 Å². The van der Waals surface area contributed by atoms with Crippen molar-refractivity contribution in [3.63, 3.8) is 0 Å². The van der Waals surface area contributed by atoms with Crippen LogP contribution in [0, 0.1) is 0 Å². The minimum absolute atomic E-state index is 0.0925. The summed E-state index contributed by atoms with van der Waals surface area (Å²) in [4.78, 5) is 0.209. The molecule has 1 aromatic rings. The molecule has 0 bridgehead atoms. The molecular formula is C11H11BrClF3S. The third-order valence-corrected chi connectivity index (χ3v) is 3.59. The van der Waals surface area contributed by atoms with Crippen LogP contribution in [-0.4, -0.2) is 10.8 Å². The summed E-state index contributed by atoms with van der Waals surface area (Å²) in [5.74, 6) is 0.230. The van der Waals surface area contributed by atoms with Gasteiger partial charge in [0.15, 0.2) is 0 Å². The van der Waals surface area contributed by atoms with Crippen LogP contribution in [0.15, 0.2) is 23.1 Å². The Balaban J connectivity index is 2.88. The summed E-state index contributed by atoms with van der Waals surface area (Å²) in [7, 11) is 0. The third kappa shape index (κ3) is 6.02. The zero-order valence-electron chi connectivity index (χ0n) is 8.86. The van der Waals surface area contributed by atoms with Crippen LogP contribution in [0.1, 0.15) is 17.5 Å². The molecule has 0 saturated carbocycles. The van der Waals surface area contributed by atoms with Crippen LogP contribution in [0.5, 0.6) is 0 Å². The van der Waals surface area contributed by atoms with Gasteiger partial charge in [-0.1, -0.05) is 22.0 Å². The molecule has 0 amide bonds. The van der Waals surface area contributed by atoms with Crippen molar-refractivity contribution in [1.82, 2.24) is 0 Å². The number of halogens is 5. The molecule has 1 aromatic carbocycles. The van der Waals surface area contributed by atoms with Crippen LogP contribution in [0.3, 0.4) is 0 Å². The van der Waals surface area contributed by atoms with Crippen molar-refractivity contribution >= 4 is 39.3 Å². The Hall–Kier alpha value is 0.130. The van der Waals surface area contributed by atoms with Crippen molar-refractivity contribution in [3.05, 3.63) is 29.3 Å². The second-order valence-electron chi connectivity index (χ2n) is 3.46. The molecule has 0 aliphatic carbocycles. The van der Waals surface area contributed by atoms with E-state index in [0.717, 1.165) is 29.3 Å². The number of rotatable bonds is 5. The van der Waals surface area contributed by atoms with Crippen LogP contribution in [0.25, 0.3) is 0 Å². The summed E-state index contributed by atoms with van der Waals surface area (Å²) in [5.41, 5.74) is -2.63. The maximum absolute atomic E-state index is 12.3. The van der Waals surface area contributed by atoms with Crippen molar-refractivity contribution in [2.45, 2.75) is 29.1 Å². The summed E-state index contributed by atoms with van der Waals surface area (Å²) < 4.78 is 36.8. The molecular weight excluding hydrogens is 337 g/mol. The molecule has 0 aliphatic heterocycles. The molecule has 0 nitrogen and oxygen atoms in total. The zero-order valence-corrected chi connectivity index (χ0v) is 12.0. The topological polar surface area (TPSA) is 0 Å². The van der Waals surface area contributed by atoms with Crippen LogP contribution < -0.4 is 0 Å². The lowest BCUT2D eigenvalue weighted by atomic mass is 10.1. The summed E-state index contributed by atoms with van der Waals surface area (Å²) >= 11 is 8.88. The van der Waals surface area contributed by atoms with E-state index in [2.05, 4.69) is 15.9 Å². The number of thioether (sulfide) groups is 1.